The van der Waals surface area contributed by atoms with Crippen molar-refractivity contribution in [1.29, 1.82) is 0 Å². The van der Waals surface area contributed by atoms with Crippen LogP contribution in [0.2, 0.25) is 0 Å². The Labute approximate surface area is 67.0 Å². The van der Waals surface area contributed by atoms with E-state index in [0.717, 1.165) is 0 Å². The summed E-state index contributed by atoms with van der Waals surface area (Å²) < 4.78 is 2.86. The Balaban J connectivity index is 3.74. The monoisotopic (exact) mass is 242 g/mol. The van der Waals surface area contributed by atoms with E-state index >= 15 is 0 Å². The van der Waals surface area contributed by atoms with Crippen molar-refractivity contribution >= 4 is 5.91 Å². The molecule has 9 heavy (non-hydrogen) atoms. The summed E-state index contributed by atoms with van der Waals surface area (Å²) in [5.74, 6) is 0.165. The topological polar surface area (TPSA) is 29.1 Å². The van der Waals surface area contributed by atoms with Gasteiger partial charge in [-0.15, -0.1) is 0 Å². The molecule has 0 saturated carbocycles. The summed E-state index contributed by atoms with van der Waals surface area (Å²) in [5, 5.41) is 0. The van der Waals surface area contributed by atoms with Crippen LogP contribution in [0.25, 0.3) is 0 Å². The van der Waals surface area contributed by atoms with Gasteiger partial charge in [0.1, 0.15) is 0 Å². The molecule has 0 aliphatic heterocycles. The zero-order valence-corrected chi connectivity index (χ0v) is 8.44. The van der Waals surface area contributed by atoms with Gasteiger partial charge in [-0.3, -0.25) is 0 Å². The van der Waals surface area contributed by atoms with Gasteiger partial charge in [0.2, 0.25) is 0 Å². The van der Waals surface area contributed by atoms with Crippen LogP contribution in [0.15, 0.2) is 0 Å². The molecule has 0 aromatic rings. The fourth-order valence-electron chi connectivity index (χ4n) is 0.228. The second-order valence-electron chi connectivity index (χ2n) is 2.86. The van der Waals surface area contributed by atoms with Crippen LogP contribution in [0.1, 0.15) is 20.8 Å². The third kappa shape index (κ3) is 3.72. The third-order valence-electron chi connectivity index (χ3n) is 0.861. The number of nitrogens with one attached hydrogen (secondary N) is 1. The van der Waals surface area contributed by atoms with Gasteiger partial charge in [-0.1, -0.05) is 0 Å². The molecule has 0 radical (unpaired) electrons. The molecule has 0 rings (SSSR count). The molecule has 0 atom stereocenters. The molecular formula is C6H13INO-. The number of carbonyl (C=O) groups is 1. The Bertz CT molecular complexity index is 106. The summed E-state index contributed by atoms with van der Waals surface area (Å²) in [6.45, 7) is 5.76. The normalized spacial score (nSPS) is 11.6. The van der Waals surface area contributed by atoms with Crippen molar-refractivity contribution in [1.82, 2.24) is 3.53 Å². The molecule has 0 aliphatic carbocycles. The molecule has 0 aliphatic rings. The van der Waals surface area contributed by atoms with Crippen LogP contribution in [0.4, 0.5) is 0 Å². The number of halogens is 1. The molecule has 0 fully saturated rings. The average molecular weight is 242 g/mol. The molecule has 1 amide bonds. The van der Waals surface area contributed by atoms with Crippen molar-refractivity contribution in [2.75, 3.05) is 4.93 Å². The van der Waals surface area contributed by atoms with Crippen LogP contribution < -0.4 is 25.0 Å². The van der Waals surface area contributed by atoms with Crippen LogP contribution in [0.3, 0.4) is 0 Å². The van der Waals surface area contributed by atoms with Crippen molar-refractivity contribution in [3.05, 3.63) is 0 Å². The summed E-state index contributed by atoms with van der Waals surface area (Å²) >= 11 is -0.0983. The molecule has 0 aromatic heterocycles. The Morgan fingerprint density at radius 1 is 1.44 bits per heavy atom. The summed E-state index contributed by atoms with van der Waals surface area (Å²) in [6.07, 6.45) is 0. The Morgan fingerprint density at radius 3 is 2.00 bits per heavy atom. The van der Waals surface area contributed by atoms with E-state index in [2.05, 4.69) is 3.53 Å². The van der Waals surface area contributed by atoms with Gasteiger partial charge in [-0.25, -0.2) is 0 Å². The summed E-state index contributed by atoms with van der Waals surface area (Å²) in [6, 6.07) is 0. The second-order valence-corrected chi connectivity index (χ2v) is 4.48. The van der Waals surface area contributed by atoms with Gasteiger partial charge in [-0.2, -0.15) is 0 Å². The predicted octanol–water partition coefficient (Wildman–Crippen LogP) is -2.22. The van der Waals surface area contributed by atoms with E-state index in [0.29, 0.717) is 0 Å². The third-order valence-corrected chi connectivity index (χ3v) is 1.89. The number of alkyl halides is 1. The number of amides is 1. The van der Waals surface area contributed by atoms with Crippen molar-refractivity contribution in [3.8, 4) is 0 Å². The molecule has 0 saturated heterocycles. The van der Waals surface area contributed by atoms with Gasteiger partial charge in [0.25, 0.3) is 0 Å². The van der Waals surface area contributed by atoms with Gasteiger partial charge >= 0.3 is 66.8 Å². The second kappa shape index (κ2) is 3.39. The maximum absolute atomic E-state index is 11.0. The summed E-state index contributed by atoms with van der Waals surface area (Å²) in [4.78, 5) is 13.0. The SMILES string of the molecule is C[I-]NC(=O)C(C)(C)C. The van der Waals surface area contributed by atoms with Crippen LogP contribution >= 0.6 is 0 Å². The molecule has 0 aromatic carbocycles. The van der Waals surface area contributed by atoms with Crippen molar-refractivity contribution in [2.24, 2.45) is 5.41 Å². The van der Waals surface area contributed by atoms with E-state index < -0.39 is 0 Å². The van der Waals surface area contributed by atoms with Crippen molar-refractivity contribution in [3.63, 3.8) is 0 Å². The number of hydrogen-bond donors (Lipinski definition) is 1. The Hall–Kier alpha value is 0.200. The van der Waals surface area contributed by atoms with Crippen LogP contribution in [-0.2, 0) is 4.79 Å². The average Bonchev–Trinajstić information content (AvgIpc) is 1.64. The minimum absolute atomic E-state index is 0.0983. The van der Waals surface area contributed by atoms with Gasteiger partial charge in [0.05, 0.1) is 0 Å². The Kier molecular flexibility index (Phi) is 3.46. The molecule has 0 unspecified atom stereocenters. The predicted molar refractivity (Wildman–Crippen MR) is 33.5 cm³/mol. The molecule has 56 valence electrons. The van der Waals surface area contributed by atoms with E-state index in [4.69, 9.17) is 0 Å². The maximum atomic E-state index is 11.0. The summed E-state index contributed by atoms with van der Waals surface area (Å²) in [7, 11) is 0. The van der Waals surface area contributed by atoms with Crippen LogP contribution in [-0.4, -0.2) is 10.8 Å². The fraction of sp³-hybridized carbons (Fsp3) is 0.833. The molecule has 0 bridgehead atoms. The summed E-state index contributed by atoms with van der Waals surface area (Å²) in [5.41, 5.74) is -0.213. The van der Waals surface area contributed by atoms with E-state index in [1.807, 2.05) is 25.7 Å². The van der Waals surface area contributed by atoms with Crippen molar-refractivity contribution < 1.29 is 26.3 Å². The van der Waals surface area contributed by atoms with Gasteiger partial charge < -0.3 is 0 Å². The van der Waals surface area contributed by atoms with Gasteiger partial charge in [0, 0.05) is 0 Å². The number of carbonyl (C=O) groups excluding carboxylic acids is 1. The molecule has 0 spiro atoms. The van der Waals surface area contributed by atoms with Crippen molar-refractivity contribution in [2.45, 2.75) is 20.8 Å². The number of rotatable bonds is 1. The standard InChI is InChI=1S/C6H13INO/c1-6(2,3)5(9)8-7-4/h1-4H3,(H,8,9)/q-1. The van der Waals surface area contributed by atoms with E-state index in [9.17, 15) is 4.79 Å². The zero-order chi connectivity index (χ0) is 7.49. The first-order valence-electron chi connectivity index (χ1n) is 2.77. The minimum atomic E-state index is -0.213. The van der Waals surface area contributed by atoms with Crippen LogP contribution in [0, 0.1) is 5.41 Å². The molecule has 0 heterocycles. The molecule has 3 heteroatoms. The van der Waals surface area contributed by atoms with Gasteiger partial charge in [0.15, 0.2) is 0 Å². The van der Waals surface area contributed by atoms with E-state index in [1.54, 1.807) is 0 Å². The quantitative estimate of drug-likeness (QED) is 0.315. The molecular weight excluding hydrogens is 229 g/mol. The number of hydrogen-bond acceptors (Lipinski definition) is 1. The van der Waals surface area contributed by atoms with Crippen LogP contribution in [0.5, 0.6) is 0 Å². The first-order chi connectivity index (χ1) is 3.98. The first kappa shape index (κ1) is 9.20. The van der Waals surface area contributed by atoms with E-state index in [-0.39, 0.29) is 32.8 Å². The Morgan fingerprint density at radius 2 is 1.89 bits per heavy atom. The zero-order valence-electron chi connectivity index (χ0n) is 6.29. The fourth-order valence-corrected chi connectivity index (χ4v) is 1.53. The first-order valence-corrected chi connectivity index (χ1v) is 6.01. The van der Waals surface area contributed by atoms with Gasteiger partial charge in [-0.05, 0) is 0 Å². The molecule has 1 N–H and O–H groups in total. The van der Waals surface area contributed by atoms with E-state index in [1.165, 1.54) is 0 Å². The molecule has 2 nitrogen and oxygen atoms in total.